The van der Waals surface area contributed by atoms with Gasteiger partial charge in [0.2, 0.25) is 5.88 Å². The van der Waals surface area contributed by atoms with Gasteiger partial charge in [-0.1, -0.05) is 6.07 Å². The number of nitrogens with zero attached hydrogens (tertiary/aromatic N) is 5. The molecule has 0 N–H and O–H groups in total. The zero-order chi connectivity index (χ0) is 17.2. The highest BCUT2D eigenvalue weighted by atomic mass is 16.5. The summed E-state index contributed by atoms with van der Waals surface area (Å²) < 4.78 is 7.84. The van der Waals surface area contributed by atoms with Crippen LogP contribution in [-0.2, 0) is 0 Å². The van der Waals surface area contributed by atoms with Crippen LogP contribution in [0.1, 0.15) is 24.1 Å². The van der Waals surface area contributed by atoms with Crippen molar-refractivity contribution in [3.63, 3.8) is 0 Å². The van der Waals surface area contributed by atoms with Crippen LogP contribution in [0.4, 0.5) is 5.82 Å². The van der Waals surface area contributed by atoms with Gasteiger partial charge in [0.05, 0.1) is 12.3 Å². The first kappa shape index (κ1) is 15.9. The molecule has 6 nitrogen and oxygen atoms in total. The van der Waals surface area contributed by atoms with Gasteiger partial charge in [-0.15, -0.1) is 0 Å². The molecule has 0 spiro atoms. The van der Waals surface area contributed by atoms with Crippen molar-refractivity contribution >= 4 is 11.3 Å². The van der Waals surface area contributed by atoms with Crippen molar-refractivity contribution in [3.05, 3.63) is 48.0 Å². The van der Waals surface area contributed by atoms with E-state index in [-0.39, 0.29) is 0 Å². The van der Waals surface area contributed by atoms with Crippen LogP contribution in [-0.4, -0.2) is 39.3 Å². The van der Waals surface area contributed by atoms with Crippen molar-refractivity contribution in [2.75, 3.05) is 24.6 Å². The number of anilines is 1. The number of ether oxygens (including phenoxy) is 1. The summed E-state index contributed by atoms with van der Waals surface area (Å²) in [6.07, 6.45) is 7.71. The first-order chi connectivity index (χ1) is 12.2. The summed E-state index contributed by atoms with van der Waals surface area (Å²) in [7, 11) is 0. The molecular weight excluding hydrogens is 314 g/mol. The standard InChI is InChI=1S/C19H23N5O/c1-14-4-3-7-21-19(14)25-13-16-5-9-23(10-6-16)18-17-12-15(2)22-24(17)11-8-20-18/h3-4,7-8,11-12,16H,5-6,9-10,13H2,1-2H3. The molecule has 0 aromatic carbocycles. The second-order valence-corrected chi connectivity index (χ2v) is 6.73. The van der Waals surface area contributed by atoms with Gasteiger partial charge in [0, 0.05) is 37.2 Å². The van der Waals surface area contributed by atoms with Crippen molar-refractivity contribution in [2.45, 2.75) is 26.7 Å². The molecule has 0 atom stereocenters. The number of piperidine rings is 1. The van der Waals surface area contributed by atoms with E-state index in [1.807, 2.05) is 42.9 Å². The fourth-order valence-corrected chi connectivity index (χ4v) is 3.40. The lowest BCUT2D eigenvalue weighted by molar-refractivity contribution is 0.215. The van der Waals surface area contributed by atoms with Crippen LogP contribution in [0.5, 0.6) is 5.88 Å². The maximum Gasteiger partial charge on any atom is 0.216 e. The molecule has 25 heavy (non-hydrogen) atoms. The Balaban J connectivity index is 1.39. The molecule has 1 saturated heterocycles. The normalized spacial score (nSPS) is 15.7. The number of hydrogen-bond donors (Lipinski definition) is 0. The van der Waals surface area contributed by atoms with Gasteiger partial charge in [0.25, 0.3) is 0 Å². The lowest BCUT2D eigenvalue weighted by Gasteiger charge is -2.32. The smallest absolute Gasteiger partial charge is 0.216 e. The van der Waals surface area contributed by atoms with E-state index in [1.165, 1.54) is 0 Å². The zero-order valence-electron chi connectivity index (χ0n) is 14.7. The largest absolute Gasteiger partial charge is 0.477 e. The average Bonchev–Trinajstić information content (AvgIpc) is 3.02. The Hall–Kier alpha value is -2.63. The lowest BCUT2D eigenvalue weighted by Crippen LogP contribution is -2.36. The van der Waals surface area contributed by atoms with E-state index in [1.54, 1.807) is 6.20 Å². The van der Waals surface area contributed by atoms with Crippen LogP contribution in [0.2, 0.25) is 0 Å². The third-order valence-electron chi connectivity index (χ3n) is 4.82. The van der Waals surface area contributed by atoms with Gasteiger partial charge in [-0.2, -0.15) is 5.10 Å². The van der Waals surface area contributed by atoms with E-state index in [2.05, 4.69) is 26.0 Å². The lowest BCUT2D eigenvalue weighted by atomic mass is 9.98. The van der Waals surface area contributed by atoms with Gasteiger partial charge in [-0.05, 0) is 44.7 Å². The first-order valence-electron chi connectivity index (χ1n) is 8.81. The molecule has 1 fully saturated rings. The second-order valence-electron chi connectivity index (χ2n) is 6.73. The summed E-state index contributed by atoms with van der Waals surface area (Å²) in [5.74, 6) is 2.35. The average molecular weight is 337 g/mol. The van der Waals surface area contributed by atoms with Crippen molar-refractivity contribution < 1.29 is 4.74 Å². The first-order valence-corrected chi connectivity index (χ1v) is 8.81. The molecule has 6 heteroatoms. The molecular formula is C19H23N5O. The predicted molar refractivity (Wildman–Crippen MR) is 97.1 cm³/mol. The molecule has 0 aliphatic carbocycles. The van der Waals surface area contributed by atoms with E-state index in [9.17, 15) is 0 Å². The maximum atomic E-state index is 5.93. The number of aromatic nitrogens is 4. The van der Waals surface area contributed by atoms with Crippen LogP contribution < -0.4 is 9.64 Å². The molecule has 3 aromatic heterocycles. The van der Waals surface area contributed by atoms with E-state index < -0.39 is 0 Å². The molecule has 130 valence electrons. The third-order valence-corrected chi connectivity index (χ3v) is 4.82. The summed E-state index contributed by atoms with van der Waals surface area (Å²) in [4.78, 5) is 11.3. The topological polar surface area (TPSA) is 55.5 Å². The van der Waals surface area contributed by atoms with Gasteiger partial charge < -0.3 is 9.64 Å². The van der Waals surface area contributed by atoms with E-state index in [0.29, 0.717) is 5.92 Å². The van der Waals surface area contributed by atoms with Crippen molar-refractivity contribution in [2.24, 2.45) is 5.92 Å². The quantitative estimate of drug-likeness (QED) is 0.732. The zero-order valence-corrected chi connectivity index (χ0v) is 14.7. The number of rotatable bonds is 4. The van der Waals surface area contributed by atoms with Crippen LogP contribution >= 0.6 is 0 Å². The number of fused-ring (bicyclic) bond motifs is 1. The summed E-state index contributed by atoms with van der Waals surface area (Å²) in [6.45, 7) is 6.76. The predicted octanol–water partition coefficient (Wildman–Crippen LogP) is 3.04. The molecule has 1 aliphatic rings. The number of aryl methyl sites for hydroxylation is 2. The monoisotopic (exact) mass is 337 g/mol. The summed E-state index contributed by atoms with van der Waals surface area (Å²) in [5, 5.41) is 4.48. The van der Waals surface area contributed by atoms with Crippen LogP contribution in [0.15, 0.2) is 36.8 Å². The SMILES string of the molecule is Cc1cc2c(N3CCC(COc4ncccc4C)CC3)nccn2n1. The van der Waals surface area contributed by atoms with Gasteiger partial charge >= 0.3 is 0 Å². The minimum absolute atomic E-state index is 0.559. The van der Waals surface area contributed by atoms with Gasteiger partial charge in [-0.25, -0.2) is 14.5 Å². The molecule has 0 saturated carbocycles. The Labute approximate surface area is 147 Å². The van der Waals surface area contributed by atoms with E-state index >= 15 is 0 Å². The van der Waals surface area contributed by atoms with Crippen LogP contribution in [0.3, 0.4) is 0 Å². The number of pyridine rings is 1. The fraction of sp³-hybridized carbons (Fsp3) is 0.421. The number of hydrogen-bond acceptors (Lipinski definition) is 5. The minimum atomic E-state index is 0.559. The Morgan fingerprint density at radius 3 is 2.80 bits per heavy atom. The van der Waals surface area contributed by atoms with E-state index in [4.69, 9.17) is 4.74 Å². The molecule has 4 heterocycles. The summed E-state index contributed by atoms with van der Waals surface area (Å²) in [6, 6.07) is 6.07. The molecule has 4 rings (SSSR count). The van der Waals surface area contributed by atoms with Gasteiger partial charge in [-0.3, -0.25) is 0 Å². The Morgan fingerprint density at radius 1 is 1.16 bits per heavy atom. The van der Waals surface area contributed by atoms with Crippen LogP contribution in [0.25, 0.3) is 5.52 Å². The van der Waals surface area contributed by atoms with Crippen molar-refractivity contribution in [1.29, 1.82) is 0 Å². The molecule has 3 aromatic rings. The molecule has 1 aliphatic heterocycles. The highest BCUT2D eigenvalue weighted by Crippen LogP contribution is 2.26. The van der Waals surface area contributed by atoms with Crippen LogP contribution in [0, 0.1) is 19.8 Å². The Kier molecular flexibility index (Phi) is 4.26. The van der Waals surface area contributed by atoms with E-state index in [0.717, 1.165) is 61.0 Å². The molecule has 0 amide bonds. The highest BCUT2D eigenvalue weighted by Gasteiger charge is 2.22. The molecule has 0 radical (unpaired) electrons. The highest BCUT2D eigenvalue weighted by molar-refractivity contribution is 5.69. The summed E-state index contributed by atoms with van der Waals surface area (Å²) >= 11 is 0. The van der Waals surface area contributed by atoms with Gasteiger partial charge in [0.15, 0.2) is 5.82 Å². The Bertz CT molecular complexity index is 867. The third kappa shape index (κ3) is 3.29. The van der Waals surface area contributed by atoms with Gasteiger partial charge in [0.1, 0.15) is 5.52 Å². The van der Waals surface area contributed by atoms with Crippen molar-refractivity contribution in [3.8, 4) is 5.88 Å². The Morgan fingerprint density at radius 2 is 2.00 bits per heavy atom. The minimum Gasteiger partial charge on any atom is -0.477 e. The summed E-state index contributed by atoms with van der Waals surface area (Å²) in [5.41, 5.74) is 3.19. The second kappa shape index (κ2) is 6.70. The van der Waals surface area contributed by atoms with Crippen molar-refractivity contribution in [1.82, 2.24) is 19.6 Å². The molecule has 0 bridgehead atoms. The maximum absolute atomic E-state index is 5.93. The fourth-order valence-electron chi connectivity index (χ4n) is 3.40. The molecule has 0 unspecified atom stereocenters.